The third-order valence-corrected chi connectivity index (χ3v) is 10.8. The summed E-state index contributed by atoms with van der Waals surface area (Å²) < 4.78 is 19.2. The van der Waals surface area contributed by atoms with Crippen molar-refractivity contribution in [1.82, 2.24) is 9.80 Å². The summed E-state index contributed by atoms with van der Waals surface area (Å²) in [6.45, 7) is 12.9. The first-order chi connectivity index (χ1) is 21.4. The minimum absolute atomic E-state index is 0.0417. The average molecular weight is 656 g/mol. The van der Waals surface area contributed by atoms with Gasteiger partial charge in [0.15, 0.2) is 11.5 Å². The van der Waals surface area contributed by atoms with Crippen molar-refractivity contribution < 1.29 is 28.6 Å². The van der Waals surface area contributed by atoms with Crippen LogP contribution >= 0.6 is 23.2 Å². The molecule has 45 heavy (non-hydrogen) atoms. The highest BCUT2D eigenvalue weighted by atomic mass is 35.5. The number of halogens is 2. The lowest BCUT2D eigenvalue weighted by atomic mass is 9.48. The van der Waals surface area contributed by atoms with Gasteiger partial charge >= 0.3 is 11.9 Å². The van der Waals surface area contributed by atoms with Crippen LogP contribution in [-0.2, 0) is 37.4 Å². The molecule has 2 aromatic carbocycles. The van der Waals surface area contributed by atoms with Crippen molar-refractivity contribution in [1.29, 1.82) is 0 Å². The van der Waals surface area contributed by atoms with Crippen LogP contribution in [-0.4, -0.2) is 71.1 Å². The maximum Gasteiger partial charge on any atom is 0.308 e. The van der Waals surface area contributed by atoms with Gasteiger partial charge in [0.2, 0.25) is 5.91 Å². The highest BCUT2D eigenvalue weighted by Gasteiger charge is 2.75. The van der Waals surface area contributed by atoms with E-state index in [9.17, 15) is 14.4 Å². The topological polar surface area (TPSA) is 85.4 Å². The Morgan fingerprint density at radius 2 is 1.91 bits per heavy atom. The number of nitrogens with zero attached hydrogens (tertiary/aromatic N) is 2. The Bertz CT molecular complexity index is 1560. The molecule has 1 spiro atoms. The zero-order valence-corrected chi connectivity index (χ0v) is 27.7. The molecule has 0 radical (unpaired) electrons. The van der Waals surface area contributed by atoms with Crippen LogP contribution in [0.1, 0.15) is 63.6 Å². The van der Waals surface area contributed by atoms with Crippen molar-refractivity contribution in [3.05, 3.63) is 69.7 Å². The molecule has 2 aromatic rings. The first-order valence-corrected chi connectivity index (χ1v) is 16.5. The van der Waals surface area contributed by atoms with Crippen molar-refractivity contribution in [2.45, 2.75) is 89.0 Å². The first kappa shape index (κ1) is 31.9. The van der Waals surface area contributed by atoms with Gasteiger partial charge in [-0.25, -0.2) is 0 Å². The number of likely N-dealkylation sites (tertiary alicyclic amines) is 1. The maximum absolute atomic E-state index is 14.3. The number of rotatable bonds is 9. The Balaban J connectivity index is 1.50. The number of carbonyl (C=O) groups excluding carboxylic acids is 3. The molecule has 2 aliphatic carbocycles. The van der Waals surface area contributed by atoms with E-state index in [-0.39, 0.29) is 36.3 Å². The summed E-state index contributed by atoms with van der Waals surface area (Å²) >= 11 is 12.5. The van der Waals surface area contributed by atoms with Crippen molar-refractivity contribution in [3.8, 4) is 11.5 Å². The van der Waals surface area contributed by atoms with Crippen LogP contribution in [0.3, 0.4) is 0 Å². The molecule has 1 amide bonds. The van der Waals surface area contributed by atoms with E-state index >= 15 is 0 Å². The largest absolute Gasteiger partial charge is 0.483 e. The van der Waals surface area contributed by atoms with Crippen LogP contribution in [0.4, 0.5) is 0 Å². The van der Waals surface area contributed by atoms with Gasteiger partial charge in [-0.1, -0.05) is 55.3 Å². The van der Waals surface area contributed by atoms with Gasteiger partial charge in [0.1, 0.15) is 11.7 Å². The Hall–Kier alpha value is -3.07. The number of benzene rings is 2. The Morgan fingerprint density at radius 1 is 1.13 bits per heavy atom. The number of piperidine rings is 1. The van der Waals surface area contributed by atoms with Gasteiger partial charge in [-0.15, -0.1) is 6.58 Å². The second-order valence-corrected chi connectivity index (χ2v) is 14.1. The van der Waals surface area contributed by atoms with Gasteiger partial charge in [-0.3, -0.25) is 19.3 Å². The Labute approximate surface area is 274 Å². The number of hydrogen-bond donors (Lipinski definition) is 0. The van der Waals surface area contributed by atoms with Crippen molar-refractivity contribution in [2.75, 3.05) is 19.6 Å². The smallest absolute Gasteiger partial charge is 0.308 e. The summed E-state index contributed by atoms with van der Waals surface area (Å²) in [5.74, 6) is 0.223. The van der Waals surface area contributed by atoms with Crippen LogP contribution < -0.4 is 9.47 Å². The molecule has 240 valence electrons. The van der Waals surface area contributed by atoms with Gasteiger partial charge in [-0.2, -0.15) is 0 Å². The number of amides is 1. The van der Waals surface area contributed by atoms with E-state index in [1.807, 2.05) is 23.1 Å². The summed E-state index contributed by atoms with van der Waals surface area (Å²) in [7, 11) is 0. The van der Waals surface area contributed by atoms with Gasteiger partial charge in [-0.05, 0) is 60.9 Å². The molecule has 1 saturated carbocycles. The second kappa shape index (κ2) is 11.9. The quantitative estimate of drug-likeness (QED) is 0.188. The first-order valence-electron chi connectivity index (χ1n) is 15.7. The summed E-state index contributed by atoms with van der Waals surface area (Å²) in [6, 6.07) is 8.65. The minimum atomic E-state index is -0.898. The average Bonchev–Trinajstić information content (AvgIpc) is 3.31. The summed E-state index contributed by atoms with van der Waals surface area (Å²) in [4.78, 5) is 43.8. The fourth-order valence-corrected chi connectivity index (χ4v) is 9.03. The molecule has 10 heteroatoms. The van der Waals surface area contributed by atoms with Crippen LogP contribution in [0, 0.1) is 5.92 Å². The molecule has 6 rings (SSSR count). The van der Waals surface area contributed by atoms with Crippen LogP contribution in [0.25, 0.3) is 0 Å². The molecule has 2 fully saturated rings. The molecule has 2 heterocycles. The fourth-order valence-electron chi connectivity index (χ4n) is 8.71. The van der Waals surface area contributed by atoms with Crippen molar-refractivity contribution >= 4 is 41.0 Å². The van der Waals surface area contributed by atoms with E-state index in [4.69, 9.17) is 37.4 Å². The third-order valence-electron chi connectivity index (χ3n) is 10.1. The fraction of sp³-hybridized carbons (Fsp3) is 0.514. The molecule has 2 bridgehead atoms. The van der Waals surface area contributed by atoms with Crippen molar-refractivity contribution in [3.63, 3.8) is 0 Å². The Morgan fingerprint density at radius 3 is 2.58 bits per heavy atom. The molecular formula is C35H40Cl2N2O6. The monoisotopic (exact) mass is 654 g/mol. The van der Waals surface area contributed by atoms with Crippen LogP contribution in [0.5, 0.6) is 11.5 Å². The SMILES string of the molecule is C=CCN1CC[C@]23c4c5ccc(OC(C)=O)c4O[C@H]2[C@H](N(CC(C)C)C(=O)Cc2ccc(Cl)c(Cl)c2)CC[C@@]3(OC(C)=O)[C@H]1C5. The number of carbonyl (C=O) groups is 3. The lowest BCUT2D eigenvalue weighted by Crippen LogP contribution is -2.79. The highest BCUT2D eigenvalue weighted by Crippen LogP contribution is 2.67. The lowest BCUT2D eigenvalue weighted by molar-refractivity contribution is -0.223. The summed E-state index contributed by atoms with van der Waals surface area (Å²) in [6.07, 6.45) is 3.95. The van der Waals surface area contributed by atoms with Gasteiger partial charge in [0.05, 0.1) is 34.0 Å². The van der Waals surface area contributed by atoms with Crippen LogP contribution in [0.15, 0.2) is 43.0 Å². The third kappa shape index (κ3) is 5.13. The highest BCUT2D eigenvalue weighted by molar-refractivity contribution is 6.42. The van der Waals surface area contributed by atoms with Gasteiger partial charge in [0, 0.05) is 39.0 Å². The molecule has 4 aliphatic rings. The molecule has 0 aromatic heterocycles. The van der Waals surface area contributed by atoms with E-state index in [0.717, 1.165) is 23.2 Å². The lowest BCUT2D eigenvalue weighted by Gasteiger charge is -2.65. The van der Waals surface area contributed by atoms with E-state index in [1.54, 1.807) is 18.2 Å². The minimum Gasteiger partial charge on any atom is -0.483 e. The predicted octanol–water partition coefficient (Wildman–Crippen LogP) is 5.93. The van der Waals surface area contributed by atoms with E-state index in [1.165, 1.54) is 13.8 Å². The molecular weight excluding hydrogens is 615 g/mol. The standard InChI is InChI=1S/C35H40Cl2N2O6/c1-6-14-38-15-13-34-31-24-8-10-28(43-21(4)40)32(31)44-33(34)27(11-12-35(34,29(38)18-24)45-22(5)41)39(19-20(2)3)30(42)17-23-7-9-25(36)26(37)16-23/h6-10,16,20,27,29,33H,1,11-15,17-19H2,2-5H3/t27-,29-,33+,34+,35-/m1/s1. The zero-order valence-electron chi connectivity index (χ0n) is 26.2. The van der Waals surface area contributed by atoms with E-state index < -0.39 is 23.1 Å². The molecule has 0 N–H and O–H groups in total. The summed E-state index contributed by atoms with van der Waals surface area (Å²) in [5.41, 5.74) is 1.17. The Kier molecular flexibility index (Phi) is 8.46. The molecule has 2 aliphatic heterocycles. The molecule has 1 saturated heterocycles. The van der Waals surface area contributed by atoms with Gasteiger partial charge < -0.3 is 19.1 Å². The van der Waals surface area contributed by atoms with E-state index in [2.05, 4.69) is 25.3 Å². The number of esters is 2. The number of ether oxygens (including phenoxy) is 3. The normalized spacial score (nSPS) is 27.8. The molecule has 5 atom stereocenters. The van der Waals surface area contributed by atoms with Gasteiger partial charge in [0.25, 0.3) is 0 Å². The summed E-state index contributed by atoms with van der Waals surface area (Å²) in [5, 5.41) is 0.839. The molecule has 0 unspecified atom stereocenters. The van der Waals surface area contributed by atoms with E-state index in [0.29, 0.717) is 60.3 Å². The zero-order chi connectivity index (χ0) is 32.3. The van der Waals surface area contributed by atoms with Crippen molar-refractivity contribution in [2.24, 2.45) is 5.92 Å². The predicted molar refractivity (Wildman–Crippen MR) is 172 cm³/mol. The second-order valence-electron chi connectivity index (χ2n) is 13.2. The number of hydrogen-bond acceptors (Lipinski definition) is 7. The molecule has 8 nitrogen and oxygen atoms in total. The van der Waals surface area contributed by atoms with Crippen LogP contribution in [0.2, 0.25) is 10.0 Å². The maximum atomic E-state index is 14.3.